The monoisotopic (exact) mass is 556 g/mol. The fraction of sp³-hybridized carbons (Fsp3) is 0.296. The lowest BCUT2D eigenvalue weighted by Gasteiger charge is -2.44. The average molecular weight is 557 g/mol. The van der Waals surface area contributed by atoms with Crippen LogP contribution in [0.5, 0.6) is 5.75 Å². The minimum Gasteiger partial charge on any atom is -0.485 e. The van der Waals surface area contributed by atoms with Crippen LogP contribution >= 0.6 is 11.6 Å². The Kier molecular flexibility index (Phi) is 7.02. The Bertz CT molecular complexity index is 1620. The number of hydrogen-bond donors (Lipinski definition) is 0. The first-order chi connectivity index (χ1) is 18.6. The zero-order valence-corrected chi connectivity index (χ0v) is 22.1. The topological polar surface area (TPSA) is 86.0 Å². The molecule has 8 nitrogen and oxygen atoms in total. The van der Waals surface area contributed by atoms with E-state index < -0.39 is 22.9 Å². The van der Waals surface area contributed by atoms with Crippen molar-refractivity contribution in [2.75, 3.05) is 18.0 Å². The van der Waals surface area contributed by atoms with E-state index in [9.17, 15) is 18.0 Å². The fourth-order valence-electron chi connectivity index (χ4n) is 4.32. The normalized spacial score (nSPS) is 14.3. The number of anilines is 1. The van der Waals surface area contributed by atoms with Gasteiger partial charge < -0.3 is 9.64 Å². The van der Waals surface area contributed by atoms with Crippen LogP contribution in [0.3, 0.4) is 0 Å². The van der Waals surface area contributed by atoms with Crippen LogP contribution in [0.15, 0.2) is 47.7 Å². The van der Waals surface area contributed by atoms with Crippen LogP contribution in [0.2, 0.25) is 5.02 Å². The Labute approximate surface area is 227 Å². The molecule has 5 heterocycles. The molecule has 0 radical (unpaired) electrons. The van der Waals surface area contributed by atoms with Gasteiger partial charge in [-0.15, -0.1) is 0 Å². The molecule has 0 bridgehead atoms. The van der Waals surface area contributed by atoms with Crippen molar-refractivity contribution in [3.8, 4) is 22.8 Å². The zero-order valence-electron chi connectivity index (χ0n) is 21.4. The number of nitrogens with zero attached hydrogens (tertiary/aromatic N) is 6. The van der Waals surface area contributed by atoms with E-state index in [-0.39, 0.29) is 36.2 Å². The molecule has 202 valence electrons. The van der Waals surface area contributed by atoms with Gasteiger partial charge in [0.05, 0.1) is 36.4 Å². The Morgan fingerprint density at radius 3 is 2.56 bits per heavy atom. The fourth-order valence-corrected chi connectivity index (χ4v) is 4.51. The molecule has 4 aromatic heterocycles. The lowest BCUT2D eigenvalue weighted by atomic mass is 9.94. The van der Waals surface area contributed by atoms with Gasteiger partial charge in [-0.05, 0) is 38.0 Å². The van der Waals surface area contributed by atoms with E-state index in [0.29, 0.717) is 46.8 Å². The van der Waals surface area contributed by atoms with Crippen molar-refractivity contribution in [1.29, 1.82) is 0 Å². The molecule has 39 heavy (non-hydrogen) atoms. The van der Waals surface area contributed by atoms with E-state index in [1.54, 1.807) is 49.3 Å². The van der Waals surface area contributed by atoms with E-state index in [0.717, 1.165) is 6.20 Å². The molecule has 5 rings (SSSR count). The second-order valence-electron chi connectivity index (χ2n) is 9.43. The number of halogens is 4. The molecule has 0 aromatic carbocycles. The predicted molar refractivity (Wildman–Crippen MR) is 140 cm³/mol. The predicted octanol–water partition coefficient (Wildman–Crippen LogP) is 5.15. The van der Waals surface area contributed by atoms with Crippen molar-refractivity contribution in [3.63, 3.8) is 0 Å². The molecule has 0 amide bonds. The van der Waals surface area contributed by atoms with Gasteiger partial charge in [-0.25, -0.2) is 23.1 Å². The maximum absolute atomic E-state index is 14.4. The number of hydrogen-bond acceptors (Lipinski definition) is 7. The van der Waals surface area contributed by atoms with Gasteiger partial charge in [-0.3, -0.25) is 19.3 Å². The van der Waals surface area contributed by atoms with Crippen LogP contribution in [-0.2, 0) is 6.61 Å². The quantitative estimate of drug-likeness (QED) is 0.311. The Morgan fingerprint density at radius 2 is 1.85 bits per heavy atom. The highest BCUT2D eigenvalue weighted by Gasteiger charge is 2.43. The summed E-state index contributed by atoms with van der Waals surface area (Å²) in [5.74, 6) is -1.23. The van der Waals surface area contributed by atoms with E-state index in [1.165, 1.54) is 4.57 Å². The number of ether oxygens (including phenoxy) is 1. The molecule has 1 aliphatic heterocycles. The van der Waals surface area contributed by atoms with Crippen LogP contribution in [0.4, 0.5) is 19.1 Å². The number of rotatable bonds is 7. The van der Waals surface area contributed by atoms with E-state index in [2.05, 4.69) is 19.9 Å². The lowest BCUT2D eigenvalue weighted by Crippen LogP contribution is -2.59. The zero-order chi connectivity index (χ0) is 27.9. The second kappa shape index (κ2) is 10.3. The van der Waals surface area contributed by atoms with Crippen LogP contribution in [0.25, 0.3) is 17.1 Å². The van der Waals surface area contributed by atoms with E-state index in [4.69, 9.17) is 16.3 Å². The van der Waals surface area contributed by atoms with Gasteiger partial charge in [0.25, 0.3) is 5.56 Å². The number of pyridine rings is 3. The summed E-state index contributed by atoms with van der Waals surface area (Å²) in [4.78, 5) is 32.1. The summed E-state index contributed by atoms with van der Waals surface area (Å²) in [5.41, 5.74) is 0.817. The van der Waals surface area contributed by atoms with Gasteiger partial charge >= 0.3 is 0 Å². The second-order valence-corrected chi connectivity index (χ2v) is 9.81. The molecule has 12 heteroatoms. The Balaban J connectivity index is 1.45. The third kappa shape index (κ3) is 5.18. The number of aromatic nitrogens is 5. The Hall–Kier alpha value is -3.99. The molecule has 1 aliphatic rings. The summed E-state index contributed by atoms with van der Waals surface area (Å²) in [5, 5.41) is -0.214. The van der Waals surface area contributed by atoms with Gasteiger partial charge in [0.15, 0.2) is 5.82 Å². The molecule has 0 spiro atoms. The summed E-state index contributed by atoms with van der Waals surface area (Å²) < 4.78 is 48.5. The summed E-state index contributed by atoms with van der Waals surface area (Å²) in [6.45, 7) is 5.42. The third-order valence-corrected chi connectivity index (χ3v) is 6.98. The molecule has 0 N–H and O–H groups in total. The summed E-state index contributed by atoms with van der Waals surface area (Å²) in [6.07, 6.45) is 4.50. The molecule has 0 aliphatic carbocycles. The maximum Gasteiger partial charge on any atom is 0.277 e. The minimum absolute atomic E-state index is 0.0406. The minimum atomic E-state index is -1.23. The molecule has 0 unspecified atom stereocenters. The summed E-state index contributed by atoms with van der Waals surface area (Å²) in [6, 6.07) is 5.65. The highest BCUT2D eigenvalue weighted by atomic mass is 35.5. The van der Waals surface area contributed by atoms with Crippen LogP contribution in [-0.4, -0.2) is 43.3 Å². The number of aryl methyl sites for hydroxylation is 2. The molecule has 4 aromatic rings. The van der Waals surface area contributed by atoms with Crippen molar-refractivity contribution in [2.45, 2.75) is 39.5 Å². The highest BCUT2D eigenvalue weighted by Crippen LogP contribution is 2.32. The van der Waals surface area contributed by atoms with Gasteiger partial charge in [-0.2, -0.15) is 0 Å². The Morgan fingerprint density at radius 1 is 1.08 bits per heavy atom. The maximum atomic E-state index is 14.4. The molecule has 0 saturated carbocycles. The molecular formula is C27H24ClF3N6O2. The first kappa shape index (κ1) is 26.6. The van der Waals surface area contributed by atoms with E-state index in [1.807, 2.05) is 6.92 Å². The summed E-state index contributed by atoms with van der Waals surface area (Å²) >= 11 is 6.37. The van der Waals surface area contributed by atoms with Gasteiger partial charge in [0, 0.05) is 30.2 Å². The van der Waals surface area contributed by atoms with Crippen molar-refractivity contribution in [2.24, 2.45) is 0 Å². The van der Waals surface area contributed by atoms with Crippen molar-refractivity contribution in [1.82, 2.24) is 24.5 Å². The van der Waals surface area contributed by atoms with Gasteiger partial charge in [-0.1, -0.05) is 18.5 Å². The first-order valence-electron chi connectivity index (χ1n) is 12.2. The molecule has 0 atom stereocenters. The largest absolute Gasteiger partial charge is 0.485 e. The number of alkyl halides is 1. The molecule has 1 saturated heterocycles. The van der Waals surface area contributed by atoms with Crippen molar-refractivity contribution >= 4 is 17.5 Å². The van der Waals surface area contributed by atoms with Crippen LogP contribution in [0.1, 0.15) is 30.3 Å². The molecule has 1 fully saturated rings. The highest BCUT2D eigenvalue weighted by molar-refractivity contribution is 6.31. The first-order valence-corrected chi connectivity index (χ1v) is 12.6. The lowest BCUT2D eigenvalue weighted by molar-refractivity contribution is 0.114. The van der Waals surface area contributed by atoms with Crippen LogP contribution in [0, 0.1) is 25.5 Å². The molecular weight excluding hydrogens is 533 g/mol. The van der Waals surface area contributed by atoms with Crippen molar-refractivity contribution < 1.29 is 17.9 Å². The smallest absolute Gasteiger partial charge is 0.277 e. The van der Waals surface area contributed by atoms with Gasteiger partial charge in [0.1, 0.15) is 34.6 Å². The average Bonchev–Trinajstić information content (AvgIpc) is 2.90. The third-order valence-electron chi connectivity index (χ3n) is 6.63. The summed E-state index contributed by atoms with van der Waals surface area (Å²) in [7, 11) is 0. The standard InChI is InChI=1S/C27H24ClF3N6O2/c1-4-27(31)13-36(14-27)26-32-6-5-19(35-26)20-9-22(15(2)10-33-20)37-16(3)7-23(24(28)25(37)38)39-12-21-18(30)8-17(29)11-34-21/h5-11H,4,12-14H2,1-3H3. The van der Waals surface area contributed by atoms with Gasteiger partial charge in [0.2, 0.25) is 5.95 Å². The van der Waals surface area contributed by atoms with Crippen molar-refractivity contribution in [3.05, 3.63) is 86.8 Å². The van der Waals surface area contributed by atoms with Crippen LogP contribution < -0.4 is 15.2 Å². The SMILES string of the molecule is CCC1(F)CN(c2nccc(-c3cc(-n4c(C)cc(OCc5ncc(F)cc5F)c(Cl)c4=O)c(C)cn3)n2)C1. The van der Waals surface area contributed by atoms with E-state index >= 15 is 0 Å².